The SMILES string of the molecule is OCCC(F)(F)c1cccnc1. The first kappa shape index (κ1) is 9.06. The van der Waals surface area contributed by atoms with Crippen LogP contribution in [0.5, 0.6) is 0 Å². The fraction of sp³-hybridized carbons (Fsp3) is 0.375. The Kier molecular flexibility index (Phi) is 2.70. The van der Waals surface area contributed by atoms with E-state index < -0.39 is 19.0 Å². The number of hydrogen-bond acceptors (Lipinski definition) is 2. The molecule has 1 rings (SSSR count). The minimum Gasteiger partial charge on any atom is -0.396 e. The van der Waals surface area contributed by atoms with Gasteiger partial charge < -0.3 is 5.11 Å². The summed E-state index contributed by atoms with van der Waals surface area (Å²) in [6, 6.07) is 2.74. The van der Waals surface area contributed by atoms with Crippen LogP contribution in [0.4, 0.5) is 8.78 Å². The van der Waals surface area contributed by atoms with Crippen molar-refractivity contribution in [2.24, 2.45) is 0 Å². The van der Waals surface area contributed by atoms with Gasteiger partial charge in [-0.25, -0.2) is 8.78 Å². The lowest BCUT2D eigenvalue weighted by molar-refractivity contribution is -0.0272. The molecule has 0 radical (unpaired) electrons. The number of pyridine rings is 1. The molecular formula is C8H9F2NO. The average molecular weight is 173 g/mol. The van der Waals surface area contributed by atoms with Crippen molar-refractivity contribution in [2.75, 3.05) is 6.61 Å². The fourth-order valence-corrected chi connectivity index (χ4v) is 0.864. The van der Waals surface area contributed by atoms with Crippen LogP contribution in [0.3, 0.4) is 0 Å². The molecule has 0 amide bonds. The van der Waals surface area contributed by atoms with Gasteiger partial charge in [0.1, 0.15) is 0 Å². The Morgan fingerprint density at radius 1 is 1.50 bits per heavy atom. The Morgan fingerprint density at radius 2 is 2.25 bits per heavy atom. The second-order valence-corrected chi connectivity index (χ2v) is 2.42. The zero-order valence-electron chi connectivity index (χ0n) is 6.37. The van der Waals surface area contributed by atoms with Gasteiger partial charge in [0, 0.05) is 31.0 Å². The van der Waals surface area contributed by atoms with Crippen LogP contribution >= 0.6 is 0 Å². The molecule has 0 aliphatic rings. The van der Waals surface area contributed by atoms with Crippen LogP contribution in [0.2, 0.25) is 0 Å². The molecule has 0 saturated carbocycles. The van der Waals surface area contributed by atoms with Gasteiger partial charge in [-0.3, -0.25) is 4.98 Å². The number of rotatable bonds is 3. The standard InChI is InChI=1S/C8H9F2NO/c9-8(10,3-5-12)7-2-1-4-11-6-7/h1-2,4,6,12H,3,5H2. The van der Waals surface area contributed by atoms with Crippen molar-refractivity contribution in [1.82, 2.24) is 4.98 Å². The van der Waals surface area contributed by atoms with E-state index in [1.165, 1.54) is 18.3 Å². The molecule has 1 aromatic rings. The average Bonchev–Trinajstić information content (AvgIpc) is 2.06. The molecule has 66 valence electrons. The van der Waals surface area contributed by atoms with E-state index in [1.807, 2.05) is 0 Å². The van der Waals surface area contributed by atoms with E-state index in [1.54, 1.807) is 0 Å². The lowest BCUT2D eigenvalue weighted by atomic mass is 10.1. The largest absolute Gasteiger partial charge is 0.396 e. The third kappa shape index (κ3) is 1.98. The lowest BCUT2D eigenvalue weighted by Crippen LogP contribution is -2.15. The quantitative estimate of drug-likeness (QED) is 0.752. The minimum atomic E-state index is -2.97. The van der Waals surface area contributed by atoms with Gasteiger partial charge >= 0.3 is 0 Å². The van der Waals surface area contributed by atoms with E-state index >= 15 is 0 Å². The van der Waals surface area contributed by atoms with Gasteiger partial charge in [-0.05, 0) is 12.1 Å². The van der Waals surface area contributed by atoms with Crippen LogP contribution in [0.15, 0.2) is 24.5 Å². The third-order valence-electron chi connectivity index (χ3n) is 1.51. The molecule has 12 heavy (non-hydrogen) atoms. The van der Waals surface area contributed by atoms with E-state index in [-0.39, 0.29) is 5.56 Å². The van der Waals surface area contributed by atoms with E-state index in [0.717, 1.165) is 6.20 Å². The number of aliphatic hydroxyl groups excluding tert-OH is 1. The maximum absolute atomic E-state index is 13.0. The molecular weight excluding hydrogens is 164 g/mol. The maximum Gasteiger partial charge on any atom is 0.276 e. The number of aromatic nitrogens is 1. The second-order valence-electron chi connectivity index (χ2n) is 2.42. The first-order valence-electron chi connectivity index (χ1n) is 3.56. The number of halogens is 2. The Morgan fingerprint density at radius 3 is 2.75 bits per heavy atom. The summed E-state index contributed by atoms with van der Waals surface area (Å²) < 4.78 is 25.9. The van der Waals surface area contributed by atoms with E-state index in [2.05, 4.69) is 4.98 Å². The fourth-order valence-electron chi connectivity index (χ4n) is 0.864. The normalized spacial score (nSPS) is 11.6. The van der Waals surface area contributed by atoms with Crippen LogP contribution < -0.4 is 0 Å². The number of nitrogens with zero attached hydrogens (tertiary/aromatic N) is 1. The molecule has 0 aliphatic carbocycles. The van der Waals surface area contributed by atoms with Crippen molar-refractivity contribution < 1.29 is 13.9 Å². The smallest absolute Gasteiger partial charge is 0.276 e. The number of hydrogen-bond donors (Lipinski definition) is 1. The molecule has 0 atom stereocenters. The molecule has 1 heterocycles. The van der Waals surface area contributed by atoms with Crippen LogP contribution in [-0.2, 0) is 5.92 Å². The predicted octanol–water partition coefficient (Wildman–Crippen LogP) is 1.56. The van der Waals surface area contributed by atoms with Crippen molar-refractivity contribution in [2.45, 2.75) is 12.3 Å². The van der Waals surface area contributed by atoms with Crippen LogP contribution in [0.25, 0.3) is 0 Å². The number of alkyl halides is 2. The summed E-state index contributed by atoms with van der Waals surface area (Å²) >= 11 is 0. The molecule has 0 bridgehead atoms. The molecule has 1 N–H and O–H groups in total. The molecule has 0 fully saturated rings. The zero-order chi connectivity index (χ0) is 9.03. The van der Waals surface area contributed by atoms with Crippen LogP contribution in [-0.4, -0.2) is 16.7 Å². The summed E-state index contributed by atoms with van der Waals surface area (Å²) in [6.07, 6.45) is 1.98. The van der Waals surface area contributed by atoms with Crippen LogP contribution in [0, 0.1) is 0 Å². The Balaban J connectivity index is 2.82. The highest BCUT2D eigenvalue weighted by atomic mass is 19.3. The topological polar surface area (TPSA) is 33.1 Å². The summed E-state index contributed by atoms with van der Waals surface area (Å²) in [5, 5.41) is 8.36. The first-order valence-corrected chi connectivity index (χ1v) is 3.56. The summed E-state index contributed by atoms with van der Waals surface area (Å²) in [6.45, 7) is -0.526. The summed E-state index contributed by atoms with van der Waals surface area (Å²) in [5.41, 5.74) is -0.154. The van der Waals surface area contributed by atoms with Crippen LogP contribution in [0.1, 0.15) is 12.0 Å². The summed E-state index contributed by atoms with van der Waals surface area (Å²) in [5.74, 6) is -2.97. The van der Waals surface area contributed by atoms with Gasteiger partial charge in [0.2, 0.25) is 0 Å². The van der Waals surface area contributed by atoms with Crippen molar-refractivity contribution >= 4 is 0 Å². The van der Waals surface area contributed by atoms with Gasteiger partial charge in [-0.15, -0.1) is 0 Å². The van der Waals surface area contributed by atoms with E-state index in [4.69, 9.17) is 5.11 Å². The minimum absolute atomic E-state index is 0.154. The molecule has 0 aliphatic heterocycles. The molecule has 0 aromatic carbocycles. The third-order valence-corrected chi connectivity index (χ3v) is 1.51. The number of aliphatic hydroxyl groups is 1. The molecule has 0 unspecified atom stereocenters. The van der Waals surface area contributed by atoms with E-state index in [9.17, 15) is 8.78 Å². The highest BCUT2D eigenvalue weighted by molar-refractivity contribution is 5.14. The molecule has 0 saturated heterocycles. The lowest BCUT2D eigenvalue weighted by Gasteiger charge is -2.13. The Bertz CT molecular complexity index is 238. The van der Waals surface area contributed by atoms with Crippen molar-refractivity contribution in [3.63, 3.8) is 0 Å². The molecule has 0 spiro atoms. The first-order chi connectivity index (χ1) is 5.67. The highest BCUT2D eigenvalue weighted by Gasteiger charge is 2.30. The van der Waals surface area contributed by atoms with E-state index in [0.29, 0.717) is 0 Å². The molecule has 4 heteroatoms. The Labute approximate surface area is 68.9 Å². The zero-order valence-corrected chi connectivity index (χ0v) is 6.37. The van der Waals surface area contributed by atoms with Crippen molar-refractivity contribution in [3.05, 3.63) is 30.1 Å². The second kappa shape index (κ2) is 3.58. The van der Waals surface area contributed by atoms with Gasteiger partial charge in [0.05, 0.1) is 0 Å². The van der Waals surface area contributed by atoms with Gasteiger partial charge in [0.15, 0.2) is 0 Å². The molecule has 1 aromatic heterocycles. The van der Waals surface area contributed by atoms with Gasteiger partial charge in [-0.1, -0.05) is 0 Å². The summed E-state index contributed by atoms with van der Waals surface area (Å²) in [4.78, 5) is 3.57. The predicted molar refractivity (Wildman–Crippen MR) is 39.8 cm³/mol. The van der Waals surface area contributed by atoms with Gasteiger partial charge in [0.25, 0.3) is 5.92 Å². The highest BCUT2D eigenvalue weighted by Crippen LogP contribution is 2.30. The van der Waals surface area contributed by atoms with Gasteiger partial charge in [-0.2, -0.15) is 0 Å². The Hall–Kier alpha value is -1.03. The monoisotopic (exact) mass is 173 g/mol. The maximum atomic E-state index is 13.0. The summed E-state index contributed by atoms with van der Waals surface area (Å²) in [7, 11) is 0. The molecule has 2 nitrogen and oxygen atoms in total. The van der Waals surface area contributed by atoms with Crippen molar-refractivity contribution in [1.29, 1.82) is 0 Å². The van der Waals surface area contributed by atoms with Crippen molar-refractivity contribution in [3.8, 4) is 0 Å².